The largest absolute Gasteiger partial charge is 0.408 e. The van der Waals surface area contributed by atoms with E-state index >= 15 is 0 Å². The molecule has 0 amide bonds. The topological polar surface area (TPSA) is 99.9 Å². The zero-order chi connectivity index (χ0) is 11.7. The molecule has 16 heavy (non-hydrogen) atoms. The molecule has 8 nitrogen and oxygen atoms in total. The molecule has 0 aliphatic carbocycles. The predicted octanol–water partition coefficient (Wildman–Crippen LogP) is 1.18. The molecule has 0 bridgehead atoms. The molecule has 0 unspecified atom stereocenters. The molecule has 2 heterocycles. The Kier molecular flexibility index (Phi) is 2.57. The lowest BCUT2D eigenvalue weighted by atomic mass is 10.6. The number of aromatic nitrogens is 4. The molecule has 0 N–H and O–H groups in total. The summed E-state index contributed by atoms with van der Waals surface area (Å²) in [5.41, 5.74) is 0. The van der Waals surface area contributed by atoms with Crippen molar-refractivity contribution < 1.29 is 9.45 Å². The Morgan fingerprint density at radius 2 is 2.44 bits per heavy atom. The molecule has 0 atom stereocenters. The highest BCUT2D eigenvalue weighted by molar-refractivity contribution is 6.32. The number of rotatable bonds is 3. The second kappa shape index (κ2) is 3.89. The summed E-state index contributed by atoms with van der Waals surface area (Å²) in [6.45, 7) is 1.82. The summed E-state index contributed by atoms with van der Waals surface area (Å²) in [4.78, 5) is 13.8. The third-order valence-corrected chi connectivity index (χ3v) is 2.01. The second-order valence-electron chi connectivity index (χ2n) is 2.98. The molecule has 0 saturated heterocycles. The van der Waals surface area contributed by atoms with Crippen LogP contribution in [0.15, 0.2) is 10.7 Å². The van der Waals surface area contributed by atoms with Gasteiger partial charge in [-0.3, -0.25) is 0 Å². The fourth-order valence-electron chi connectivity index (χ4n) is 1.14. The van der Waals surface area contributed by atoms with E-state index in [0.717, 1.165) is 0 Å². The van der Waals surface area contributed by atoms with Gasteiger partial charge in [-0.25, -0.2) is 0 Å². The first-order chi connectivity index (χ1) is 7.56. The predicted molar refractivity (Wildman–Crippen MR) is 52.0 cm³/mol. The molecule has 84 valence electrons. The molecule has 0 aliphatic rings. The van der Waals surface area contributed by atoms with Gasteiger partial charge >= 0.3 is 5.82 Å². The van der Waals surface area contributed by atoms with Crippen molar-refractivity contribution in [1.29, 1.82) is 0 Å². The van der Waals surface area contributed by atoms with Gasteiger partial charge < -0.3 is 14.6 Å². The average Bonchev–Trinajstić information content (AvgIpc) is 2.73. The number of hydrogen-bond donors (Lipinski definition) is 0. The van der Waals surface area contributed by atoms with Gasteiger partial charge in [-0.15, -0.1) is 0 Å². The van der Waals surface area contributed by atoms with Crippen LogP contribution in [0.25, 0.3) is 0 Å². The Labute approximate surface area is 94.0 Å². The lowest BCUT2D eigenvalue weighted by Crippen LogP contribution is -2.02. The molecule has 2 rings (SSSR count). The van der Waals surface area contributed by atoms with Crippen LogP contribution in [0.3, 0.4) is 0 Å². The van der Waals surface area contributed by atoms with E-state index in [9.17, 15) is 10.1 Å². The Morgan fingerprint density at radius 1 is 1.69 bits per heavy atom. The minimum absolute atomic E-state index is 0.0229. The first kappa shape index (κ1) is 10.6. The molecule has 0 spiro atoms. The van der Waals surface area contributed by atoms with E-state index in [1.807, 2.05) is 0 Å². The smallest absolute Gasteiger partial charge is 0.358 e. The normalized spacial score (nSPS) is 10.6. The quantitative estimate of drug-likeness (QED) is 0.593. The van der Waals surface area contributed by atoms with E-state index < -0.39 is 4.92 Å². The average molecular weight is 244 g/mol. The maximum absolute atomic E-state index is 10.5. The zero-order valence-electron chi connectivity index (χ0n) is 8.12. The number of halogens is 1. The van der Waals surface area contributed by atoms with Crippen LogP contribution in [-0.2, 0) is 6.54 Å². The minimum atomic E-state index is -0.652. The molecule has 2 aromatic rings. The first-order valence-electron chi connectivity index (χ1n) is 4.23. The summed E-state index contributed by atoms with van der Waals surface area (Å²) in [6.07, 6.45) is 1.34. The fourth-order valence-corrected chi connectivity index (χ4v) is 1.36. The highest BCUT2D eigenvalue weighted by Gasteiger charge is 2.19. The lowest BCUT2D eigenvalue weighted by molar-refractivity contribution is -0.389. The molecule has 2 aromatic heterocycles. The van der Waals surface area contributed by atoms with Crippen LogP contribution in [0.2, 0.25) is 5.02 Å². The van der Waals surface area contributed by atoms with Gasteiger partial charge in [-0.05, 0) is 4.92 Å². The van der Waals surface area contributed by atoms with Gasteiger partial charge in [0.1, 0.15) is 6.54 Å². The summed E-state index contributed by atoms with van der Waals surface area (Å²) in [5.74, 6) is 0.413. The van der Waals surface area contributed by atoms with Crippen molar-refractivity contribution in [2.75, 3.05) is 0 Å². The Bertz CT molecular complexity index is 534. The summed E-state index contributed by atoms with van der Waals surface area (Å²) in [7, 11) is 0. The van der Waals surface area contributed by atoms with Crippen molar-refractivity contribution >= 4 is 17.4 Å². The minimum Gasteiger partial charge on any atom is -0.358 e. The Morgan fingerprint density at radius 3 is 2.94 bits per heavy atom. The van der Waals surface area contributed by atoms with E-state index in [0.29, 0.717) is 11.7 Å². The van der Waals surface area contributed by atoms with E-state index in [2.05, 4.69) is 15.2 Å². The van der Waals surface area contributed by atoms with Gasteiger partial charge in [0.15, 0.2) is 10.8 Å². The van der Waals surface area contributed by atoms with Crippen LogP contribution >= 0.6 is 11.6 Å². The third kappa shape index (κ3) is 2.01. The van der Waals surface area contributed by atoms with Crippen molar-refractivity contribution in [2.45, 2.75) is 13.5 Å². The zero-order valence-corrected chi connectivity index (χ0v) is 8.88. The van der Waals surface area contributed by atoms with Crippen LogP contribution in [0.5, 0.6) is 0 Å². The molecule has 0 radical (unpaired) electrons. The van der Waals surface area contributed by atoms with Crippen LogP contribution in [0.4, 0.5) is 5.82 Å². The maximum Gasteiger partial charge on any atom is 0.408 e. The van der Waals surface area contributed by atoms with Gasteiger partial charge in [-0.1, -0.05) is 16.8 Å². The molecular formula is C7H6ClN5O3. The Balaban J connectivity index is 2.22. The van der Waals surface area contributed by atoms with E-state index in [-0.39, 0.29) is 17.4 Å². The SMILES string of the molecule is Cc1nc(Cn2cc(Cl)c([N+](=O)[O-])n2)no1. The lowest BCUT2D eigenvalue weighted by Gasteiger charge is -1.88. The highest BCUT2D eigenvalue weighted by Crippen LogP contribution is 2.21. The molecule has 0 saturated carbocycles. The summed E-state index contributed by atoms with van der Waals surface area (Å²) in [6, 6.07) is 0. The van der Waals surface area contributed by atoms with Crippen molar-refractivity contribution in [2.24, 2.45) is 0 Å². The third-order valence-electron chi connectivity index (χ3n) is 1.75. The van der Waals surface area contributed by atoms with Crippen molar-refractivity contribution in [3.63, 3.8) is 0 Å². The number of hydrogen-bond acceptors (Lipinski definition) is 6. The van der Waals surface area contributed by atoms with Crippen molar-refractivity contribution in [1.82, 2.24) is 19.9 Å². The summed E-state index contributed by atoms with van der Waals surface area (Å²) in [5, 5.41) is 17.8. The number of nitro groups is 1. The maximum atomic E-state index is 10.5. The van der Waals surface area contributed by atoms with Gasteiger partial charge in [0.25, 0.3) is 0 Å². The van der Waals surface area contributed by atoms with Gasteiger partial charge in [0, 0.05) is 6.92 Å². The second-order valence-corrected chi connectivity index (χ2v) is 3.39. The molecule has 0 aliphatic heterocycles. The standard InChI is InChI=1S/C7H6ClN5O3/c1-4-9-6(11-16-4)3-12-2-5(8)7(10-12)13(14)15/h2H,3H2,1H3. The molecular weight excluding hydrogens is 238 g/mol. The van der Waals surface area contributed by atoms with E-state index in [1.165, 1.54) is 10.9 Å². The van der Waals surface area contributed by atoms with Gasteiger partial charge in [-0.2, -0.15) is 9.67 Å². The van der Waals surface area contributed by atoms with Crippen LogP contribution in [-0.4, -0.2) is 24.8 Å². The summed E-state index contributed by atoms with van der Waals surface area (Å²) < 4.78 is 6.03. The molecule has 0 fully saturated rings. The number of nitrogens with zero attached hydrogens (tertiary/aromatic N) is 5. The first-order valence-corrected chi connectivity index (χ1v) is 4.60. The molecule has 9 heteroatoms. The van der Waals surface area contributed by atoms with Crippen molar-refractivity contribution in [3.05, 3.63) is 33.0 Å². The van der Waals surface area contributed by atoms with E-state index in [4.69, 9.17) is 16.1 Å². The summed E-state index contributed by atoms with van der Waals surface area (Å²) >= 11 is 5.62. The van der Waals surface area contributed by atoms with Crippen LogP contribution < -0.4 is 0 Å². The van der Waals surface area contributed by atoms with Gasteiger partial charge in [0.05, 0.1) is 11.3 Å². The highest BCUT2D eigenvalue weighted by atomic mass is 35.5. The monoisotopic (exact) mass is 243 g/mol. The number of aryl methyl sites for hydroxylation is 1. The van der Waals surface area contributed by atoms with E-state index in [1.54, 1.807) is 6.92 Å². The van der Waals surface area contributed by atoms with Crippen LogP contribution in [0.1, 0.15) is 11.7 Å². The molecule has 0 aromatic carbocycles. The van der Waals surface area contributed by atoms with Crippen LogP contribution in [0, 0.1) is 17.0 Å². The van der Waals surface area contributed by atoms with Crippen molar-refractivity contribution in [3.8, 4) is 0 Å². The fraction of sp³-hybridized carbons (Fsp3) is 0.286. The Hall–Kier alpha value is -1.96. The van der Waals surface area contributed by atoms with Gasteiger partial charge in [0.2, 0.25) is 5.89 Å².